The zero-order valence-corrected chi connectivity index (χ0v) is 30.4. The van der Waals surface area contributed by atoms with Gasteiger partial charge in [0, 0.05) is 12.1 Å². The van der Waals surface area contributed by atoms with Crippen molar-refractivity contribution in [2.45, 2.75) is 95.9 Å². The molecule has 4 aromatic rings. The Labute approximate surface area is 281 Å². The molecule has 1 aromatic heterocycles. The normalized spacial score (nSPS) is 14.1. The third-order valence-corrected chi connectivity index (χ3v) is 8.72. The van der Waals surface area contributed by atoms with Gasteiger partial charge >= 0.3 is 0 Å². The number of aryl methyl sites for hydroxylation is 9. The molecule has 0 saturated carbocycles. The van der Waals surface area contributed by atoms with Crippen LogP contribution in [0.2, 0.25) is 0 Å². The van der Waals surface area contributed by atoms with Crippen LogP contribution < -0.4 is 14.2 Å². The highest BCUT2D eigenvalue weighted by Crippen LogP contribution is 2.41. The molecule has 5 nitrogen and oxygen atoms in total. The largest absolute Gasteiger partial charge is 0.452 e. The summed E-state index contributed by atoms with van der Waals surface area (Å²) in [6, 6.07) is 15.0. The van der Waals surface area contributed by atoms with Gasteiger partial charge in [0.2, 0.25) is 5.90 Å². The van der Waals surface area contributed by atoms with Gasteiger partial charge < -0.3 is 19.2 Å². The van der Waals surface area contributed by atoms with Crippen LogP contribution in [0, 0.1) is 68.2 Å². The van der Waals surface area contributed by atoms with Crippen molar-refractivity contribution in [1.82, 2.24) is 4.98 Å². The topological polar surface area (TPSA) is 55.8 Å². The number of aliphatic imine (C=N–C) groups is 1. The lowest BCUT2D eigenvalue weighted by Gasteiger charge is -2.20. The highest BCUT2D eigenvalue weighted by atomic mass is 16.5. The average Bonchev–Trinajstić information content (AvgIpc) is 3.57. The Morgan fingerprint density at radius 1 is 0.574 bits per heavy atom. The number of rotatable bonds is 8. The molecule has 0 fully saturated rings. The summed E-state index contributed by atoms with van der Waals surface area (Å²) in [5.41, 5.74) is 13.9. The molecule has 1 aliphatic heterocycles. The first-order valence-electron chi connectivity index (χ1n) is 16.7. The van der Waals surface area contributed by atoms with E-state index in [1.54, 1.807) is 0 Å². The molecule has 0 aliphatic carbocycles. The first-order chi connectivity index (χ1) is 22.1. The van der Waals surface area contributed by atoms with Gasteiger partial charge in [-0.3, -0.25) is 0 Å². The van der Waals surface area contributed by atoms with Crippen LogP contribution >= 0.6 is 0 Å². The third-order valence-electron chi connectivity index (χ3n) is 8.72. The summed E-state index contributed by atoms with van der Waals surface area (Å²) in [6.07, 6.45) is 2.06. The second-order valence-corrected chi connectivity index (χ2v) is 14.0. The predicted molar refractivity (Wildman–Crippen MR) is 195 cm³/mol. The smallest absolute Gasteiger partial charge is 0.220 e. The van der Waals surface area contributed by atoms with Crippen molar-refractivity contribution in [1.29, 1.82) is 0 Å². The van der Waals surface area contributed by atoms with Crippen molar-refractivity contribution < 1.29 is 14.2 Å². The lowest BCUT2D eigenvalue weighted by Crippen LogP contribution is -2.08. The average molecular weight is 631 g/mol. The van der Waals surface area contributed by atoms with Gasteiger partial charge in [-0.05, 0) is 119 Å². The molecule has 0 bridgehead atoms. The van der Waals surface area contributed by atoms with E-state index >= 15 is 0 Å². The molecule has 0 spiro atoms. The number of hydrogen-bond acceptors (Lipinski definition) is 4. The maximum atomic E-state index is 7.05. The minimum Gasteiger partial charge on any atom is -0.452 e. The summed E-state index contributed by atoms with van der Waals surface area (Å²) in [5.74, 6) is 4.75. The Balaban J connectivity index is 1.72. The van der Waals surface area contributed by atoms with Crippen LogP contribution in [-0.4, -0.2) is 10.9 Å². The quantitative estimate of drug-likeness (QED) is 0.197. The molecule has 0 saturated heterocycles. The Hall–Kier alpha value is -4.51. The van der Waals surface area contributed by atoms with Crippen LogP contribution in [0.4, 0.5) is 0 Å². The molecule has 5 rings (SSSR count). The third kappa shape index (κ3) is 7.10. The number of allylic oxidation sites excluding steroid dienone is 1. The van der Waals surface area contributed by atoms with E-state index in [1.807, 2.05) is 0 Å². The molecule has 246 valence electrons. The Bertz CT molecular complexity index is 1880. The van der Waals surface area contributed by atoms with Crippen LogP contribution in [0.5, 0.6) is 23.1 Å². The molecule has 1 aliphatic rings. The van der Waals surface area contributed by atoms with Crippen LogP contribution in [0.1, 0.15) is 94.9 Å². The second-order valence-electron chi connectivity index (χ2n) is 14.0. The molecule has 3 aromatic carbocycles. The Morgan fingerprint density at radius 2 is 1.02 bits per heavy atom. The van der Waals surface area contributed by atoms with Crippen molar-refractivity contribution in [2.75, 3.05) is 0 Å². The standard InChI is InChI=1S/C42H50N2O3/c1-22(2)33-20-35(45-39-27(8)14-24(5)15-28(39)9)43-37(33)42(47-41-31(12)18-26(7)19-32(41)13)38-34(23(3)4)21-36(44-38)46-40-29(10)16-25(6)17-30(40)11/h14-23,43H,1-13H3/b42-38+. The van der Waals surface area contributed by atoms with E-state index in [2.05, 4.69) is 144 Å². The number of H-pyrrole nitrogens is 1. The summed E-state index contributed by atoms with van der Waals surface area (Å²) in [7, 11) is 0. The fourth-order valence-electron chi connectivity index (χ4n) is 6.74. The molecule has 2 heterocycles. The number of hydrogen-bond donors (Lipinski definition) is 1. The first-order valence-corrected chi connectivity index (χ1v) is 16.7. The van der Waals surface area contributed by atoms with Crippen LogP contribution in [-0.2, 0) is 0 Å². The van der Waals surface area contributed by atoms with Gasteiger partial charge in [-0.15, -0.1) is 0 Å². The zero-order valence-electron chi connectivity index (χ0n) is 30.4. The fourth-order valence-corrected chi connectivity index (χ4v) is 6.74. The van der Waals surface area contributed by atoms with E-state index in [0.29, 0.717) is 17.5 Å². The molecule has 0 atom stereocenters. The summed E-state index contributed by atoms with van der Waals surface area (Å²) in [4.78, 5) is 8.80. The second kappa shape index (κ2) is 13.3. The number of nitrogens with zero attached hydrogens (tertiary/aromatic N) is 1. The van der Waals surface area contributed by atoms with E-state index in [1.165, 1.54) is 16.7 Å². The lowest BCUT2D eigenvalue weighted by atomic mass is 9.97. The number of benzene rings is 3. The van der Waals surface area contributed by atoms with Gasteiger partial charge in [-0.1, -0.05) is 80.8 Å². The van der Waals surface area contributed by atoms with Gasteiger partial charge in [-0.25, -0.2) is 4.99 Å². The van der Waals surface area contributed by atoms with Crippen molar-refractivity contribution >= 4 is 11.7 Å². The predicted octanol–water partition coefficient (Wildman–Crippen LogP) is 11.5. The van der Waals surface area contributed by atoms with Crippen molar-refractivity contribution in [2.24, 2.45) is 10.9 Å². The number of aromatic nitrogens is 1. The minimum absolute atomic E-state index is 0.167. The first kappa shape index (κ1) is 33.8. The van der Waals surface area contributed by atoms with E-state index in [0.717, 1.165) is 73.2 Å². The van der Waals surface area contributed by atoms with Crippen LogP contribution in [0.25, 0.3) is 5.76 Å². The van der Waals surface area contributed by atoms with Gasteiger partial charge in [0.1, 0.15) is 22.9 Å². The molecule has 0 unspecified atom stereocenters. The Morgan fingerprint density at radius 3 is 1.47 bits per heavy atom. The summed E-state index contributed by atoms with van der Waals surface area (Å²) < 4.78 is 20.2. The van der Waals surface area contributed by atoms with E-state index in [9.17, 15) is 0 Å². The van der Waals surface area contributed by atoms with Crippen molar-refractivity contribution in [3.05, 3.63) is 121 Å². The lowest BCUT2D eigenvalue weighted by molar-refractivity contribution is 0.456. The molecular weight excluding hydrogens is 580 g/mol. The number of ether oxygens (including phenoxy) is 3. The summed E-state index contributed by atoms with van der Waals surface area (Å²) in [6.45, 7) is 27.6. The van der Waals surface area contributed by atoms with E-state index < -0.39 is 0 Å². The molecule has 1 N–H and O–H groups in total. The Kier molecular flexibility index (Phi) is 9.58. The fraction of sp³-hybridized carbons (Fsp3) is 0.357. The van der Waals surface area contributed by atoms with E-state index in [-0.39, 0.29) is 11.8 Å². The SMILES string of the molecule is Cc1cc(C)c(OC2=N/C(=C(/Oc3c(C)cc(C)cc3C)c3[nH]c(Oc4c(C)cc(C)cc4C)cc3C(C)C)C(C(C)C)=C2)c(C)c1. The summed E-state index contributed by atoms with van der Waals surface area (Å²) >= 11 is 0. The monoisotopic (exact) mass is 630 g/mol. The maximum absolute atomic E-state index is 7.05. The van der Waals surface area contributed by atoms with Crippen molar-refractivity contribution in [3.8, 4) is 23.1 Å². The zero-order chi connectivity index (χ0) is 34.3. The van der Waals surface area contributed by atoms with Gasteiger partial charge in [0.25, 0.3) is 0 Å². The molecule has 0 amide bonds. The summed E-state index contributed by atoms with van der Waals surface area (Å²) in [5, 5.41) is 0. The molecule has 5 heteroatoms. The number of nitrogens with one attached hydrogen (secondary N) is 1. The van der Waals surface area contributed by atoms with Gasteiger partial charge in [-0.2, -0.15) is 0 Å². The minimum atomic E-state index is 0.167. The molecule has 0 radical (unpaired) electrons. The molecular formula is C42H50N2O3. The van der Waals surface area contributed by atoms with Crippen LogP contribution in [0.15, 0.2) is 64.8 Å². The van der Waals surface area contributed by atoms with Gasteiger partial charge in [0.15, 0.2) is 11.6 Å². The van der Waals surface area contributed by atoms with Crippen molar-refractivity contribution in [3.63, 3.8) is 0 Å². The van der Waals surface area contributed by atoms with E-state index in [4.69, 9.17) is 19.2 Å². The highest BCUT2D eigenvalue weighted by molar-refractivity contribution is 5.97. The van der Waals surface area contributed by atoms with Crippen LogP contribution in [0.3, 0.4) is 0 Å². The van der Waals surface area contributed by atoms with Gasteiger partial charge in [0.05, 0.1) is 5.69 Å². The number of aromatic amines is 1. The highest BCUT2D eigenvalue weighted by Gasteiger charge is 2.29. The maximum Gasteiger partial charge on any atom is 0.220 e. The molecule has 47 heavy (non-hydrogen) atoms.